The second kappa shape index (κ2) is 11.8. The van der Waals surface area contributed by atoms with Crippen LogP contribution in [-0.2, 0) is 18.0 Å². The van der Waals surface area contributed by atoms with E-state index >= 15 is 0 Å². The number of pyridine rings is 2. The molecule has 5 nitrogen and oxygen atoms in total. The molecule has 0 fully saturated rings. The molecule has 42 heavy (non-hydrogen) atoms. The van der Waals surface area contributed by atoms with Crippen LogP contribution in [0.1, 0.15) is 42.3 Å². The van der Waals surface area contributed by atoms with E-state index in [-0.39, 0.29) is 5.92 Å². The Bertz CT molecular complexity index is 1700. The molecule has 0 N–H and O–H groups in total. The molecule has 2 heterocycles. The van der Waals surface area contributed by atoms with E-state index in [9.17, 15) is 4.79 Å². The highest BCUT2D eigenvalue weighted by Gasteiger charge is 2.32. The van der Waals surface area contributed by atoms with Gasteiger partial charge in [-0.15, -0.1) is 0 Å². The minimum absolute atomic E-state index is 0.137. The quantitative estimate of drug-likeness (QED) is 0.160. The normalized spacial score (nSPS) is 11.6. The summed E-state index contributed by atoms with van der Waals surface area (Å²) in [7, 11) is 0. The first-order valence-corrected chi connectivity index (χ1v) is 14.1. The minimum Gasteiger partial charge on any atom is -0.487 e. The zero-order chi connectivity index (χ0) is 28.9. The third kappa shape index (κ3) is 6.01. The predicted molar refractivity (Wildman–Crippen MR) is 167 cm³/mol. The molecule has 0 atom stereocenters. The molecule has 0 aliphatic heterocycles. The van der Waals surface area contributed by atoms with Gasteiger partial charge in [0.05, 0.1) is 22.4 Å². The maximum absolute atomic E-state index is 12.2. The van der Waals surface area contributed by atoms with Crippen LogP contribution in [0.3, 0.4) is 0 Å². The van der Waals surface area contributed by atoms with E-state index in [1.807, 2.05) is 123 Å². The van der Waals surface area contributed by atoms with Gasteiger partial charge in [-0.2, -0.15) is 0 Å². The van der Waals surface area contributed by atoms with Crippen molar-refractivity contribution in [1.29, 1.82) is 0 Å². The highest BCUT2D eigenvalue weighted by atomic mass is 16.5. The highest BCUT2D eigenvalue weighted by molar-refractivity contribution is 5.79. The SMILES string of the molecule is CC(C)(C=O)C(c1ccc(OCc2ccc3ccccc3n2)cc1)c1ccc(OCc2ccc3ccccc3n2)cc1. The number of hydrogen-bond donors (Lipinski definition) is 0. The third-order valence-electron chi connectivity index (χ3n) is 7.56. The molecule has 6 rings (SSSR count). The van der Waals surface area contributed by atoms with Gasteiger partial charge in [-0.25, -0.2) is 9.97 Å². The maximum Gasteiger partial charge on any atom is 0.130 e. The molecule has 0 radical (unpaired) electrons. The first-order valence-electron chi connectivity index (χ1n) is 14.1. The molecule has 0 saturated carbocycles. The van der Waals surface area contributed by atoms with Crippen molar-refractivity contribution in [2.75, 3.05) is 0 Å². The Morgan fingerprint density at radius 1 is 0.595 bits per heavy atom. The van der Waals surface area contributed by atoms with Crippen LogP contribution in [0.4, 0.5) is 0 Å². The molecule has 0 unspecified atom stereocenters. The summed E-state index contributed by atoms with van der Waals surface area (Å²) in [6.07, 6.45) is 1.03. The van der Waals surface area contributed by atoms with Crippen molar-refractivity contribution in [1.82, 2.24) is 9.97 Å². The maximum atomic E-state index is 12.2. The summed E-state index contributed by atoms with van der Waals surface area (Å²) < 4.78 is 12.1. The first kappa shape index (κ1) is 27.2. The molecule has 0 aliphatic rings. The number of benzene rings is 4. The van der Waals surface area contributed by atoms with Crippen LogP contribution in [0.2, 0.25) is 0 Å². The molecular formula is C37H32N2O3. The molecule has 2 aromatic heterocycles. The number of ether oxygens (including phenoxy) is 2. The Kier molecular flexibility index (Phi) is 7.65. The van der Waals surface area contributed by atoms with Gasteiger partial charge in [-0.3, -0.25) is 0 Å². The first-order chi connectivity index (χ1) is 20.5. The minimum atomic E-state index is -0.616. The number of fused-ring (bicyclic) bond motifs is 2. The van der Waals surface area contributed by atoms with Crippen LogP contribution in [0.15, 0.2) is 121 Å². The lowest BCUT2D eigenvalue weighted by molar-refractivity contribution is -0.115. The van der Waals surface area contributed by atoms with Gasteiger partial charge in [-0.05, 0) is 59.7 Å². The molecule has 0 spiro atoms. The highest BCUT2D eigenvalue weighted by Crippen LogP contribution is 2.40. The Morgan fingerprint density at radius 3 is 1.45 bits per heavy atom. The zero-order valence-electron chi connectivity index (χ0n) is 23.7. The van der Waals surface area contributed by atoms with Crippen molar-refractivity contribution in [2.45, 2.75) is 33.0 Å². The van der Waals surface area contributed by atoms with Crippen LogP contribution in [0.25, 0.3) is 21.8 Å². The van der Waals surface area contributed by atoms with Crippen LogP contribution >= 0.6 is 0 Å². The fraction of sp³-hybridized carbons (Fsp3) is 0.162. The Labute approximate surface area is 245 Å². The van der Waals surface area contributed by atoms with Crippen LogP contribution in [-0.4, -0.2) is 16.3 Å². The van der Waals surface area contributed by atoms with Gasteiger partial charge in [0.25, 0.3) is 0 Å². The predicted octanol–water partition coefficient (Wildman–Crippen LogP) is 8.30. The molecule has 5 heteroatoms. The topological polar surface area (TPSA) is 61.3 Å². The molecule has 0 bridgehead atoms. The van der Waals surface area contributed by atoms with Gasteiger partial charge in [-0.1, -0.05) is 86.6 Å². The number of nitrogens with zero attached hydrogens (tertiary/aromatic N) is 2. The van der Waals surface area contributed by atoms with E-state index in [4.69, 9.17) is 19.4 Å². The van der Waals surface area contributed by atoms with Gasteiger partial charge in [0, 0.05) is 22.1 Å². The van der Waals surface area contributed by atoms with Crippen LogP contribution < -0.4 is 9.47 Å². The lowest BCUT2D eigenvalue weighted by Gasteiger charge is -2.30. The number of hydrogen-bond acceptors (Lipinski definition) is 5. The molecule has 0 amide bonds. The van der Waals surface area contributed by atoms with Gasteiger partial charge in [0.15, 0.2) is 0 Å². The summed E-state index contributed by atoms with van der Waals surface area (Å²) in [4.78, 5) is 21.6. The Hall–Kier alpha value is -5.03. The van der Waals surface area contributed by atoms with E-state index in [0.29, 0.717) is 13.2 Å². The fourth-order valence-corrected chi connectivity index (χ4v) is 5.32. The summed E-state index contributed by atoms with van der Waals surface area (Å²) in [6.45, 7) is 4.69. The number of aromatic nitrogens is 2. The third-order valence-corrected chi connectivity index (χ3v) is 7.56. The number of carbonyl (C=O) groups is 1. The lowest BCUT2D eigenvalue weighted by Crippen LogP contribution is -2.24. The van der Waals surface area contributed by atoms with Crippen molar-refractivity contribution in [3.8, 4) is 11.5 Å². The Morgan fingerprint density at radius 2 is 1.02 bits per heavy atom. The lowest BCUT2D eigenvalue weighted by atomic mass is 9.72. The summed E-state index contributed by atoms with van der Waals surface area (Å²) in [5.41, 5.74) is 5.11. The second-order valence-corrected chi connectivity index (χ2v) is 11.1. The summed E-state index contributed by atoms with van der Waals surface area (Å²) >= 11 is 0. The number of para-hydroxylation sites is 2. The van der Waals surface area contributed by atoms with E-state index in [2.05, 4.69) is 12.1 Å². The van der Waals surface area contributed by atoms with E-state index in [1.54, 1.807) is 0 Å². The van der Waals surface area contributed by atoms with Gasteiger partial charge < -0.3 is 14.3 Å². The van der Waals surface area contributed by atoms with Crippen molar-refractivity contribution in [3.63, 3.8) is 0 Å². The zero-order valence-corrected chi connectivity index (χ0v) is 23.7. The van der Waals surface area contributed by atoms with Crippen molar-refractivity contribution < 1.29 is 14.3 Å². The Balaban J connectivity index is 1.14. The van der Waals surface area contributed by atoms with E-state index < -0.39 is 5.41 Å². The fourth-order valence-electron chi connectivity index (χ4n) is 5.32. The number of rotatable bonds is 10. The van der Waals surface area contributed by atoms with Gasteiger partial charge in [0.1, 0.15) is 31.0 Å². The molecular weight excluding hydrogens is 520 g/mol. The molecule has 6 aromatic rings. The number of aldehydes is 1. The van der Waals surface area contributed by atoms with Crippen LogP contribution in [0, 0.1) is 5.41 Å². The monoisotopic (exact) mass is 552 g/mol. The van der Waals surface area contributed by atoms with Crippen molar-refractivity contribution >= 4 is 28.1 Å². The van der Waals surface area contributed by atoms with Crippen LogP contribution in [0.5, 0.6) is 11.5 Å². The van der Waals surface area contributed by atoms with E-state index in [0.717, 1.165) is 62.1 Å². The van der Waals surface area contributed by atoms with Crippen molar-refractivity contribution in [2.24, 2.45) is 5.41 Å². The average molecular weight is 553 g/mol. The number of carbonyl (C=O) groups excluding carboxylic acids is 1. The second-order valence-electron chi connectivity index (χ2n) is 11.1. The standard InChI is InChI=1S/C37H32N2O3/c1-37(2,25-40)36(28-13-19-32(20-14-28)41-23-30-17-11-26-7-3-5-9-34(26)38-30)29-15-21-33(22-16-29)42-24-31-18-12-27-8-4-6-10-35(27)39-31/h3-22,25,36H,23-24H2,1-2H3. The van der Waals surface area contributed by atoms with Gasteiger partial charge in [0.2, 0.25) is 0 Å². The largest absolute Gasteiger partial charge is 0.487 e. The molecule has 4 aromatic carbocycles. The van der Waals surface area contributed by atoms with Crippen molar-refractivity contribution in [3.05, 3.63) is 144 Å². The molecule has 208 valence electrons. The molecule has 0 saturated heterocycles. The summed E-state index contributed by atoms with van der Waals surface area (Å²) in [5.74, 6) is 1.37. The van der Waals surface area contributed by atoms with Gasteiger partial charge >= 0.3 is 0 Å². The summed E-state index contributed by atoms with van der Waals surface area (Å²) in [5, 5.41) is 2.21. The van der Waals surface area contributed by atoms with E-state index in [1.165, 1.54) is 0 Å². The smallest absolute Gasteiger partial charge is 0.130 e. The summed E-state index contributed by atoms with van der Waals surface area (Å²) in [6, 6.07) is 40.2. The average Bonchev–Trinajstić information content (AvgIpc) is 3.04. The molecule has 0 aliphatic carbocycles.